The number of imide groups is 2. The lowest BCUT2D eigenvalue weighted by Crippen LogP contribution is -2.54. The molecule has 5 aromatic rings. The van der Waals surface area contributed by atoms with Gasteiger partial charge in [0.25, 0.3) is 11.8 Å². The lowest BCUT2D eigenvalue weighted by Gasteiger charge is -2.26. The number of nitrogens with zero attached hydrogens (tertiary/aromatic N) is 1. The van der Waals surface area contributed by atoms with Crippen molar-refractivity contribution in [3.63, 3.8) is 0 Å². The third kappa shape index (κ3) is 6.58. The molecule has 1 N–H and O–H groups in total. The normalized spacial score (nSPS) is 14.0. The largest absolute Gasteiger partial charge is 0.497 e. The van der Waals surface area contributed by atoms with Gasteiger partial charge in [-0.25, -0.2) is 9.69 Å². The molecule has 0 unspecified atom stereocenters. The van der Waals surface area contributed by atoms with E-state index in [-0.39, 0.29) is 17.9 Å². The third-order valence-corrected chi connectivity index (χ3v) is 7.83. The van der Waals surface area contributed by atoms with E-state index in [1.54, 1.807) is 49.6 Å². The minimum absolute atomic E-state index is 0.217. The molecular weight excluding hydrogens is 636 g/mol. The van der Waals surface area contributed by atoms with E-state index in [1.807, 2.05) is 66.7 Å². The van der Waals surface area contributed by atoms with Crippen LogP contribution in [0.15, 0.2) is 119 Å². The number of methoxy groups -OCH3 is 1. The van der Waals surface area contributed by atoms with E-state index in [2.05, 4.69) is 21.2 Å². The number of benzene rings is 5. The molecule has 6 rings (SSSR count). The van der Waals surface area contributed by atoms with E-state index in [9.17, 15) is 14.4 Å². The van der Waals surface area contributed by atoms with Crippen LogP contribution >= 0.6 is 15.9 Å². The van der Waals surface area contributed by atoms with Crippen molar-refractivity contribution >= 4 is 56.3 Å². The Labute approximate surface area is 268 Å². The highest BCUT2D eigenvalue weighted by Crippen LogP contribution is 2.31. The first-order valence-corrected chi connectivity index (χ1v) is 14.8. The Balaban J connectivity index is 1.24. The van der Waals surface area contributed by atoms with Crippen molar-refractivity contribution in [2.75, 3.05) is 12.0 Å². The number of carbonyl (C=O) groups is 3. The SMILES string of the molecule is COc1ccc(/C=C2\C(=O)NC(=O)N(c3ccc(OCc4ccc(Br)cc4)cc3)C2=O)c(OCc2cccc3ccccc23)c1. The molecule has 8 nitrogen and oxygen atoms in total. The summed E-state index contributed by atoms with van der Waals surface area (Å²) in [6.45, 7) is 0.593. The number of anilines is 1. The zero-order valence-corrected chi connectivity index (χ0v) is 25.7. The topological polar surface area (TPSA) is 94.2 Å². The average molecular weight is 664 g/mol. The van der Waals surface area contributed by atoms with Gasteiger partial charge in [0.2, 0.25) is 0 Å². The molecule has 0 saturated carbocycles. The van der Waals surface area contributed by atoms with E-state index in [1.165, 1.54) is 6.08 Å². The van der Waals surface area contributed by atoms with Gasteiger partial charge in [-0.1, -0.05) is 70.5 Å². The number of fused-ring (bicyclic) bond motifs is 1. The van der Waals surface area contributed by atoms with Crippen LogP contribution in [0.25, 0.3) is 16.8 Å². The Bertz CT molecular complexity index is 1930. The van der Waals surface area contributed by atoms with E-state index in [0.717, 1.165) is 31.3 Å². The Morgan fingerprint density at radius 1 is 0.778 bits per heavy atom. The predicted octanol–water partition coefficient (Wildman–Crippen LogP) is 7.44. The van der Waals surface area contributed by atoms with Crippen molar-refractivity contribution in [1.29, 1.82) is 0 Å². The molecule has 0 bridgehead atoms. The van der Waals surface area contributed by atoms with E-state index in [0.29, 0.717) is 29.4 Å². The summed E-state index contributed by atoms with van der Waals surface area (Å²) in [4.78, 5) is 40.3. The van der Waals surface area contributed by atoms with E-state index in [4.69, 9.17) is 14.2 Å². The van der Waals surface area contributed by atoms with Gasteiger partial charge in [0.15, 0.2) is 0 Å². The molecular formula is C36H27BrN2O6. The Hall–Kier alpha value is -5.41. The van der Waals surface area contributed by atoms with Gasteiger partial charge in [0.1, 0.15) is 36.0 Å². The van der Waals surface area contributed by atoms with Gasteiger partial charge >= 0.3 is 6.03 Å². The summed E-state index contributed by atoms with van der Waals surface area (Å²) in [5.41, 5.74) is 2.50. The van der Waals surface area contributed by atoms with Crippen molar-refractivity contribution in [3.05, 3.63) is 136 Å². The molecule has 1 aliphatic heterocycles. The van der Waals surface area contributed by atoms with Crippen LogP contribution in [-0.4, -0.2) is 25.0 Å². The Kier molecular flexibility index (Phi) is 8.61. The van der Waals surface area contributed by atoms with Gasteiger partial charge in [-0.15, -0.1) is 0 Å². The standard InChI is InChI=1S/C36H27BrN2O6/c1-43-30-16-11-25(33(20-30)45-22-26-7-4-6-24-5-2-3-8-31(24)26)19-32-34(40)38-36(42)39(35(32)41)28-14-17-29(18-15-28)44-21-23-9-12-27(37)13-10-23/h2-20H,21-22H2,1H3,(H,38,40,42)/b32-19+. The maximum absolute atomic E-state index is 13.6. The maximum Gasteiger partial charge on any atom is 0.335 e. The predicted molar refractivity (Wildman–Crippen MR) is 175 cm³/mol. The van der Waals surface area contributed by atoms with Crippen molar-refractivity contribution in [2.24, 2.45) is 0 Å². The van der Waals surface area contributed by atoms with Crippen LogP contribution in [0.4, 0.5) is 10.5 Å². The second-order valence-corrected chi connectivity index (χ2v) is 11.1. The molecule has 224 valence electrons. The summed E-state index contributed by atoms with van der Waals surface area (Å²) in [5, 5.41) is 4.42. The number of hydrogen-bond acceptors (Lipinski definition) is 6. The van der Waals surface area contributed by atoms with E-state index < -0.39 is 17.8 Å². The number of barbiturate groups is 1. The molecule has 45 heavy (non-hydrogen) atoms. The highest BCUT2D eigenvalue weighted by molar-refractivity contribution is 9.10. The van der Waals surface area contributed by atoms with Crippen molar-refractivity contribution < 1.29 is 28.6 Å². The van der Waals surface area contributed by atoms with Gasteiger partial charge in [-0.3, -0.25) is 14.9 Å². The molecule has 0 radical (unpaired) electrons. The number of rotatable bonds is 9. The van der Waals surface area contributed by atoms with Crippen LogP contribution in [-0.2, 0) is 22.8 Å². The second-order valence-electron chi connectivity index (χ2n) is 10.2. The number of halogens is 1. The molecule has 0 atom stereocenters. The minimum Gasteiger partial charge on any atom is -0.497 e. The molecule has 0 aromatic heterocycles. The lowest BCUT2D eigenvalue weighted by molar-refractivity contribution is -0.122. The molecule has 4 amide bonds. The van der Waals surface area contributed by atoms with Crippen LogP contribution in [0.3, 0.4) is 0 Å². The summed E-state index contributed by atoms with van der Waals surface area (Å²) in [7, 11) is 1.54. The van der Waals surface area contributed by atoms with Gasteiger partial charge < -0.3 is 14.2 Å². The summed E-state index contributed by atoms with van der Waals surface area (Å²) < 4.78 is 18.4. The fourth-order valence-electron chi connectivity index (χ4n) is 4.95. The smallest absolute Gasteiger partial charge is 0.335 e. The van der Waals surface area contributed by atoms with Gasteiger partial charge in [-0.05, 0) is 76.5 Å². The number of carbonyl (C=O) groups excluding carboxylic acids is 3. The first-order valence-electron chi connectivity index (χ1n) is 14.1. The zero-order valence-electron chi connectivity index (χ0n) is 24.2. The highest BCUT2D eigenvalue weighted by atomic mass is 79.9. The number of urea groups is 1. The molecule has 0 aliphatic carbocycles. The van der Waals surface area contributed by atoms with Crippen molar-refractivity contribution in [2.45, 2.75) is 13.2 Å². The zero-order chi connectivity index (χ0) is 31.3. The first kappa shape index (κ1) is 29.7. The van der Waals surface area contributed by atoms with Gasteiger partial charge in [0, 0.05) is 16.1 Å². The molecule has 1 saturated heterocycles. The Morgan fingerprint density at radius 3 is 2.29 bits per heavy atom. The monoisotopic (exact) mass is 662 g/mol. The van der Waals surface area contributed by atoms with Gasteiger partial charge in [0.05, 0.1) is 12.8 Å². The maximum atomic E-state index is 13.6. The van der Waals surface area contributed by atoms with Crippen molar-refractivity contribution in [1.82, 2.24) is 5.32 Å². The van der Waals surface area contributed by atoms with E-state index >= 15 is 0 Å². The van der Waals surface area contributed by atoms with Crippen molar-refractivity contribution in [3.8, 4) is 17.2 Å². The molecule has 9 heteroatoms. The third-order valence-electron chi connectivity index (χ3n) is 7.30. The number of hydrogen-bond donors (Lipinski definition) is 1. The summed E-state index contributed by atoms with van der Waals surface area (Å²) in [6.07, 6.45) is 1.42. The molecule has 1 heterocycles. The quantitative estimate of drug-likeness (QED) is 0.130. The number of nitrogens with one attached hydrogen (secondary N) is 1. The average Bonchev–Trinajstić information content (AvgIpc) is 3.06. The van der Waals surface area contributed by atoms with Crippen LogP contribution in [0, 0.1) is 0 Å². The Morgan fingerprint density at radius 2 is 1.51 bits per heavy atom. The number of ether oxygens (including phenoxy) is 3. The van der Waals surface area contributed by atoms with Crippen LogP contribution in [0.1, 0.15) is 16.7 Å². The molecule has 1 aliphatic rings. The van der Waals surface area contributed by atoms with Crippen LogP contribution in [0.2, 0.25) is 0 Å². The fraction of sp³-hybridized carbons (Fsp3) is 0.0833. The van der Waals surface area contributed by atoms with Crippen LogP contribution < -0.4 is 24.4 Å². The second kappa shape index (κ2) is 13.1. The fourth-order valence-corrected chi connectivity index (χ4v) is 5.21. The summed E-state index contributed by atoms with van der Waals surface area (Å²) in [5.74, 6) is -0.0472. The number of amides is 4. The summed E-state index contributed by atoms with van der Waals surface area (Å²) in [6, 6.07) is 32.5. The lowest BCUT2D eigenvalue weighted by atomic mass is 10.0. The first-order chi connectivity index (χ1) is 21.9. The molecule has 5 aromatic carbocycles. The van der Waals surface area contributed by atoms with Gasteiger partial charge in [-0.2, -0.15) is 0 Å². The summed E-state index contributed by atoms with van der Waals surface area (Å²) >= 11 is 3.41. The minimum atomic E-state index is -0.840. The molecule has 0 spiro atoms. The molecule has 1 fully saturated rings. The van der Waals surface area contributed by atoms with Crippen LogP contribution in [0.5, 0.6) is 17.2 Å². The highest BCUT2D eigenvalue weighted by Gasteiger charge is 2.37.